The Hall–Kier alpha value is -2.98. The molecule has 0 fully saturated rings. The molecular formula is C27H38ClN3O6S. The van der Waals surface area contributed by atoms with Crippen molar-refractivity contribution in [3.63, 3.8) is 0 Å². The summed E-state index contributed by atoms with van der Waals surface area (Å²) in [5.41, 5.74) is 1.22. The first-order valence-electron chi connectivity index (χ1n) is 12.5. The van der Waals surface area contributed by atoms with Gasteiger partial charge in [-0.2, -0.15) is 0 Å². The molecule has 0 bridgehead atoms. The minimum Gasteiger partial charge on any atom is -0.497 e. The van der Waals surface area contributed by atoms with Crippen LogP contribution in [0.2, 0.25) is 5.02 Å². The van der Waals surface area contributed by atoms with Gasteiger partial charge in [-0.15, -0.1) is 0 Å². The number of carbonyl (C=O) groups excluding carboxylic acids is 2. The molecular weight excluding hydrogens is 530 g/mol. The van der Waals surface area contributed by atoms with E-state index in [1.165, 1.54) is 22.4 Å². The fraction of sp³-hybridized carbons (Fsp3) is 0.481. The van der Waals surface area contributed by atoms with Crippen molar-refractivity contribution >= 4 is 39.1 Å². The predicted octanol–water partition coefficient (Wildman–Crippen LogP) is 4.24. The van der Waals surface area contributed by atoms with Gasteiger partial charge < -0.3 is 19.7 Å². The first-order valence-corrected chi connectivity index (χ1v) is 14.8. The summed E-state index contributed by atoms with van der Waals surface area (Å²) in [5.74, 6) is 0.641. The first-order chi connectivity index (χ1) is 18.0. The molecule has 1 atom stereocenters. The maximum absolute atomic E-state index is 13.4. The lowest BCUT2D eigenvalue weighted by Gasteiger charge is -2.29. The number of amides is 2. The molecule has 9 nitrogen and oxygen atoms in total. The van der Waals surface area contributed by atoms with Crippen LogP contribution in [0, 0.1) is 0 Å². The summed E-state index contributed by atoms with van der Waals surface area (Å²) in [5, 5.41) is 3.17. The lowest BCUT2D eigenvalue weighted by atomic mass is 10.1. The monoisotopic (exact) mass is 567 g/mol. The number of hydrogen-bond acceptors (Lipinski definition) is 6. The maximum Gasteiger partial charge on any atom is 0.242 e. The minimum absolute atomic E-state index is 0.0542. The molecule has 0 spiro atoms. The van der Waals surface area contributed by atoms with Gasteiger partial charge in [-0.05, 0) is 55.7 Å². The topological polar surface area (TPSA) is 105 Å². The number of rotatable bonds is 15. The lowest BCUT2D eigenvalue weighted by Crippen LogP contribution is -2.47. The van der Waals surface area contributed by atoms with Crippen LogP contribution in [0.5, 0.6) is 11.5 Å². The van der Waals surface area contributed by atoms with Crippen molar-refractivity contribution in [3.05, 3.63) is 53.1 Å². The number of methoxy groups -OCH3 is 2. The Labute approximate surface area is 231 Å². The summed E-state index contributed by atoms with van der Waals surface area (Å²) in [6.07, 6.45) is 3.20. The normalized spacial score (nSPS) is 11.9. The summed E-state index contributed by atoms with van der Waals surface area (Å²) in [6, 6.07) is 11.3. The van der Waals surface area contributed by atoms with Crippen LogP contribution >= 0.6 is 11.6 Å². The van der Waals surface area contributed by atoms with Crippen LogP contribution in [0.4, 0.5) is 5.69 Å². The summed E-state index contributed by atoms with van der Waals surface area (Å²) >= 11 is 6.20. The summed E-state index contributed by atoms with van der Waals surface area (Å²) < 4.78 is 36.6. The number of carbonyl (C=O) groups is 2. The van der Waals surface area contributed by atoms with E-state index in [1.54, 1.807) is 38.3 Å². The third-order valence-corrected chi connectivity index (χ3v) is 7.57. The van der Waals surface area contributed by atoms with E-state index in [2.05, 4.69) is 5.32 Å². The Bertz CT molecular complexity index is 1170. The summed E-state index contributed by atoms with van der Waals surface area (Å²) in [6.45, 7) is 4.58. The highest BCUT2D eigenvalue weighted by Gasteiger charge is 2.26. The number of nitrogens with one attached hydrogen (secondary N) is 1. The van der Waals surface area contributed by atoms with Crippen LogP contribution in [0.25, 0.3) is 0 Å². The molecule has 0 aliphatic heterocycles. The SMILES string of the molecule is CCCCNC(=O)[C@@H](C)N(Cc1ccc(OC)cc1)C(=O)CCCN(c1ccc(OC)c(Cl)c1)S(C)(=O)=O. The zero-order chi connectivity index (χ0) is 28.3. The van der Waals surface area contributed by atoms with E-state index in [9.17, 15) is 18.0 Å². The van der Waals surface area contributed by atoms with E-state index in [-0.39, 0.29) is 42.8 Å². The molecule has 38 heavy (non-hydrogen) atoms. The highest BCUT2D eigenvalue weighted by molar-refractivity contribution is 7.92. The van der Waals surface area contributed by atoms with Crippen molar-refractivity contribution in [1.82, 2.24) is 10.2 Å². The second-order valence-corrected chi connectivity index (χ2v) is 11.3. The molecule has 0 aromatic heterocycles. The largest absolute Gasteiger partial charge is 0.497 e. The number of benzene rings is 2. The molecule has 2 aromatic rings. The Balaban J connectivity index is 2.17. The molecule has 0 saturated heterocycles. The molecule has 2 rings (SSSR count). The Morgan fingerprint density at radius 3 is 2.29 bits per heavy atom. The van der Waals surface area contributed by atoms with Crippen molar-refractivity contribution in [2.24, 2.45) is 0 Å². The Morgan fingerprint density at radius 2 is 1.74 bits per heavy atom. The van der Waals surface area contributed by atoms with E-state index in [0.717, 1.165) is 24.7 Å². The average Bonchev–Trinajstić information content (AvgIpc) is 2.88. The molecule has 0 aliphatic rings. The van der Waals surface area contributed by atoms with Crippen molar-refractivity contribution in [2.45, 2.75) is 52.1 Å². The fourth-order valence-corrected chi connectivity index (χ4v) is 5.07. The molecule has 0 aliphatic carbocycles. The molecule has 0 unspecified atom stereocenters. The van der Waals surface area contributed by atoms with E-state index >= 15 is 0 Å². The average molecular weight is 568 g/mol. The van der Waals surface area contributed by atoms with Gasteiger partial charge in [0, 0.05) is 26.1 Å². The quantitative estimate of drug-likeness (QED) is 0.323. The number of halogens is 1. The molecule has 0 heterocycles. The van der Waals surface area contributed by atoms with Crippen LogP contribution in [-0.2, 0) is 26.2 Å². The van der Waals surface area contributed by atoms with E-state index < -0.39 is 16.1 Å². The van der Waals surface area contributed by atoms with E-state index in [0.29, 0.717) is 23.7 Å². The first kappa shape index (κ1) is 31.2. The van der Waals surface area contributed by atoms with Crippen LogP contribution in [-0.4, -0.2) is 64.7 Å². The Kier molecular flexibility index (Phi) is 12.2. The van der Waals surface area contributed by atoms with Gasteiger partial charge in [-0.25, -0.2) is 8.42 Å². The Morgan fingerprint density at radius 1 is 1.05 bits per heavy atom. The highest BCUT2D eigenvalue weighted by Crippen LogP contribution is 2.30. The van der Waals surface area contributed by atoms with Gasteiger partial charge >= 0.3 is 0 Å². The zero-order valence-corrected chi connectivity index (χ0v) is 24.3. The molecule has 2 aromatic carbocycles. The lowest BCUT2D eigenvalue weighted by molar-refractivity contribution is -0.140. The summed E-state index contributed by atoms with van der Waals surface area (Å²) in [7, 11) is -0.585. The number of unbranched alkanes of at least 4 members (excludes halogenated alkanes) is 1. The molecule has 210 valence electrons. The van der Waals surface area contributed by atoms with Gasteiger partial charge in [-0.3, -0.25) is 13.9 Å². The number of nitrogens with zero attached hydrogens (tertiary/aromatic N) is 2. The molecule has 11 heteroatoms. The number of hydrogen-bond donors (Lipinski definition) is 1. The summed E-state index contributed by atoms with van der Waals surface area (Å²) in [4.78, 5) is 27.7. The van der Waals surface area contributed by atoms with E-state index in [1.807, 2.05) is 19.1 Å². The van der Waals surface area contributed by atoms with Gasteiger partial charge in [0.2, 0.25) is 21.8 Å². The van der Waals surface area contributed by atoms with Crippen molar-refractivity contribution in [1.29, 1.82) is 0 Å². The molecule has 1 N–H and O–H groups in total. The predicted molar refractivity (Wildman–Crippen MR) is 150 cm³/mol. The van der Waals surface area contributed by atoms with E-state index in [4.69, 9.17) is 21.1 Å². The van der Waals surface area contributed by atoms with Crippen LogP contribution < -0.4 is 19.1 Å². The van der Waals surface area contributed by atoms with Crippen LogP contribution in [0.1, 0.15) is 45.1 Å². The van der Waals surface area contributed by atoms with Crippen LogP contribution in [0.15, 0.2) is 42.5 Å². The minimum atomic E-state index is -3.64. The number of ether oxygens (including phenoxy) is 2. The van der Waals surface area contributed by atoms with Gasteiger partial charge in [0.15, 0.2) is 0 Å². The van der Waals surface area contributed by atoms with Crippen molar-refractivity contribution < 1.29 is 27.5 Å². The zero-order valence-electron chi connectivity index (χ0n) is 22.7. The van der Waals surface area contributed by atoms with Gasteiger partial charge in [0.1, 0.15) is 17.5 Å². The third-order valence-electron chi connectivity index (χ3n) is 6.08. The number of anilines is 1. The van der Waals surface area contributed by atoms with Gasteiger partial charge in [-0.1, -0.05) is 37.1 Å². The second kappa shape index (κ2) is 14.8. The van der Waals surface area contributed by atoms with Gasteiger partial charge in [0.25, 0.3) is 0 Å². The number of sulfonamides is 1. The smallest absolute Gasteiger partial charge is 0.242 e. The second-order valence-electron chi connectivity index (χ2n) is 8.95. The van der Waals surface area contributed by atoms with Crippen molar-refractivity contribution in [2.75, 3.05) is 37.9 Å². The molecule has 2 amide bonds. The highest BCUT2D eigenvalue weighted by atomic mass is 35.5. The maximum atomic E-state index is 13.4. The van der Waals surface area contributed by atoms with Crippen LogP contribution in [0.3, 0.4) is 0 Å². The van der Waals surface area contributed by atoms with Gasteiger partial charge in [0.05, 0.1) is 31.2 Å². The third kappa shape index (κ3) is 9.09. The molecule has 0 radical (unpaired) electrons. The fourth-order valence-electron chi connectivity index (χ4n) is 3.86. The van der Waals surface area contributed by atoms with Crippen molar-refractivity contribution in [3.8, 4) is 11.5 Å². The molecule has 0 saturated carbocycles. The standard InChI is InChI=1S/C27H38ClN3O6S/c1-6-7-16-29-27(33)20(2)30(19-21-10-13-23(36-3)14-11-21)26(32)9-8-17-31(38(5,34)35)22-12-15-25(37-4)24(28)18-22/h10-15,18,20H,6-9,16-17,19H2,1-5H3,(H,29,33)/t20-/m1/s1.